The van der Waals surface area contributed by atoms with Crippen LogP contribution in [0.2, 0.25) is 0 Å². The summed E-state index contributed by atoms with van der Waals surface area (Å²) in [7, 11) is 0. The van der Waals surface area contributed by atoms with Crippen molar-refractivity contribution in [2.75, 3.05) is 10.2 Å². The first kappa shape index (κ1) is 26.3. The Balaban J connectivity index is 0.000000245. The molecule has 188 valence electrons. The molecule has 0 bridgehead atoms. The number of allylic oxidation sites excluding steroid dienone is 1. The molecule has 37 heavy (non-hydrogen) atoms. The fourth-order valence-electron chi connectivity index (χ4n) is 3.89. The van der Waals surface area contributed by atoms with E-state index in [0.717, 1.165) is 33.5 Å². The summed E-state index contributed by atoms with van der Waals surface area (Å²) in [4.78, 5) is 13.7. The van der Waals surface area contributed by atoms with Crippen LogP contribution in [0.15, 0.2) is 109 Å². The van der Waals surface area contributed by atoms with Gasteiger partial charge in [-0.2, -0.15) is 0 Å². The Bertz CT molecular complexity index is 1310. The zero-order chi connectivity index (χ0) is 26.0. The van der Waals surface area contributed by atoms with Crippen molar-refractivity contribution in [3.8, 4) is 5.75 Å². The lowest BCUT2D eigenvalue weighted by atomic mass is 9.93. The Labute approximate surface area is 224 Å². The van der Waals surface area contributed by atoms with E-state index in [4.69, 9.17) is 4.74 Å². The van der Waals surface area contributed by atoms with Crippen molar-refractivity contribution < 1.29 is 18.3 Å². The molecule has 4 aromatic carbocycles. The van der Waals surface area contributed by atoms with Crippen LogP contribution in [0, 0.1) is 11.6 Å². The van der Waals surface area contributed by atoms with E-state index in [-0.39, 0.29) is 23.6 Å². The second-order valence-electron chi connectivity index (χ2n) is 8.41. The van der Waals surface area contributed by atoms with Gasteiger partial charge in [0.1, 0.15) is 24.0 Å². The van der Waals surface area contributed by atoms with Crippen molar-refractivity contribution in [1.82, 2.24) is 0 Å². The zero-order valence-electron chi connectivity index (χ0n) is 20.1. The number of hydrogen-bond acceptors (Lipinski definition) is 2. The van der Waals surface area contributed by atoms with E-state index in [1.54, 1.807) is 29.2 Å². The van der Waals surface area contributed by atoms with Gasteiger partial charge in [-0.1, -0.05) is 82.7 Å². The average molecular weight is 562 g/mol. The number of benzene rings is 4. The van der Waals surface area contributed by atoms with E-state index in [1.807, 2.05) is 66.7 Å². The molecule has 0 unspecified atom stereocenters. The summed E-state index contributed by atoms with van der Waals surface area (Å²) in [6.07, 6.45) is 4.36. The Morgan fingerprint density at radius 1 is 0.838 bits per heavy atom. The van der Waals surface area contributed by atoms with Gasteiger partial charge in [-0.3, -0.25) is 4.79 Å². The second-order valence-corrected chi connectivity index (χ2v) is 9.06. The van der Waals surface area contributed by atoms with Gasteiger partial charge in [0.2, 0.25) is 5.91 Å². The Hall–Kier alpha value is -3.77. The molecule has 1 fully saturated rings. The number of amides is 1. The molecule has 6 heteroatoms. The van der Waals surface area contributed by atoms with Gasteiger partial charge in [-0.05, 0) is 65.2 Å². The summed E-state index contributed by atoms with van der Waals surface area (Å²) >= 11 is 3.26. The molecule has 0 saturated carbocycles. The number of β-lactam (4-membered cyclic amide) rings is 1. The summed E-state index contributed by atoms with van der Waals surface area (Å²) in [5, 5.41) is 0.824. The van der Waals surface area contributed by atoms with E-state index in [0.29, 0.717) is 13.0 Å². The summed E-state index contributed by atoms with van der Waals surface area (Å²) in [6, 6.07) is 30.2. The maximum Gasteiger partial charge on any atom is 0.230 e. The maximum absolute atomic E-state index is 13.1. The highest BCUT2D eigenvalue weighted by Crippen LogP contribution is 2.39. The van der Waals surface area contributed by atoms with Crippen molar-refractivity contribution in [1.29, 1.82) is 0 Å². The van der Waals surface area contributed by atoms with Gasteiger partial charge >= 0.3 is 0 Å². The van der Waals surface area contributed by atoms with Crippen LogP contribution in [0.3, 0.4) is 0 Å². The van der Waals surface area contributed by atoms with Crippen LogP contribution in [0.25, 0.3) is 6.08 Å². The molecular weight excluding hydrogens is 536 g/mol. The number of alkyl halides is 1. The van der Waals surface area contributed by atoms with Crippen LogP contribution in [-0.4, -0.2) is 11.2 Å². The van der Waals surface area contributed by atoms with Gasteiger partial charge in [0.15, 0.2) is 0 Å². The van der Waals surface area contributed by atoms with E-state index in [2.05, 4.69) is 15.9 Å². The molecule has 1 heterocycles. The molecule has 5 rings (SSSR count). The first-order chi connectivity index (χ1) is 18.0. The summed E-state index contributed by atoms with van der Waals surface area (Å²) in [6.45, 7) is 0.518. The number of nitrogens with zero attached hydrogens (tertiary/aromatic N) is 1. The van der Waals surface area contributed by atoms with Gasteiger partial charge < -0.3 is 9.64 Å². The lowest BCUT2D eigenvalue weighted by Gasteiger charge is -2.40. The third kappa shape index (κ3) is 7.37. The summed E-state index contributed by atoms with van der Waals surface area (Å²) < 4.78 is 31.3. The molecule has 0 radical (unpaired) electrons. The van der Waals surface area contributed by atoms with Crippen LogP contribution in [0.5, 0.6) is 5.75 Å². The quantitative estimate of drug-likeness (QED) is 0.168. The van der Waals surface area contributed by atoms with Gasteiger partial charge in [0.05, 0.1) is 12.5 Å². The highest BCUT2D eigenvalue weighted by atomic mass is 79.9. The topological polar surface area (TPSA) is 29.5 Å². The highest BCUT2D eigenvalue weighted by Gasteiger charge is 2.38. The van der Waals surface area contributed by atoms with Crippen molar-refractivity contribution in [3.63, 3.8) is 0 Å². The number of hydrogen-bond donors (Lipinski definition) is 0. The Morgan fingerprint density at radius 2 is 1.46 bits per heavy atom. The number of anilines is 1. The Kier molecular flexibility index (Phi) is 9.22. The normalized spacial score (nSPS) is 14.6. The minimum atomic E-state index is -0.307. The van der Waals surface area contributed by atoms with Crippen molar-refractivity contribution in [3.05, 3.63) is 138 Å². The largest absolute Gasteiger partial charge is 0.489 e. The zero-order valence-corrected chi connectivity index (χ0v) is 21.7. The van der Waals surface area contributed by atoms with Crippen LogP contribution < -0.4 is 9.64 Å². The molecule has 1 atom stereocenters. The molecule has 0 aromatic heterocycles. The van der Waals surface area contributed by atoms with E-state index >= 15 is 0 Å². The molecule has 3 nitrogen and oxygen atoms in total. The number of ether oxygens (including phenoxy) is 1. The summed E-state index contributed by atoms with van der Waals surface area (Å²) in [5.41, 5.74) is 3.90. The third-order valence-electron chi connectivity index (χ3n) is 5.84. The average Bonchev–Trinajstić information content (AvgIpc) is 2.93. The van der Waals surface area contributed by atoms with Crippen LogP contribution in [-0.2, 0) is 11.4 Å². The smallest absolute Gasteiger partial charge is 0.230 e. The fourth-order valence-corrected chi connectivity index (χ4v) is 4.08. The maximum atomic E-state index is 13.1. The van der Waals surface area contributed by atoms with Crippen molar-refractivity contribution >= 4 is 33.6 Å². The van der Waals surface area contributed by atoms with E-state index in [9.17, 15) is 13.6 Å². The van der Waals surface area contributed by atoms with Gasteiger partial charge in [-0.25, -0.2) is 8.78 Å². The van der Waals surface area contributed by atoms with Crippen LogP contribution >= 0.6 is 15.9 Å². The number of carbonyl (C=O) groups excluding carboxylic acids is 1. The monoisotopic (exact) mass is 561 g/mol. The van der Waals surface area contributed by atoms with E-state index < -0.39 is 0 Å². The van der Waals surface area contributed by atoms with Gasteiger partial charge in [-0.15, -0.1) is 0 Å². The predicted molar refractivity (Wildman–Crippen MR) is 148 cm³/mol. The SMILES string of the molecule is Fc1ccc(C=CCBr)cc1.O=C1C[C@@H](c2ccc(OCc3ccccc3)cc2)N1c1ccc(F)cc1. The minimum absolute atomic E-state index is 0.0175. The number of rotatable bonds is 7. The number of carbonyl (C=O) groups is 1. The standard InChI is InChI=1S/C22H18FNO2.C9H8BrF/c23-18-8-10-19(11-9-18)24-21(14-22(24)25)17-6-12-20(13-7-17)26-15-16-4-2-1-3-5-16;10-7-1-2-8-3-5-9(11)6-4-8/h1-13,21H,14-15H2;1-6H,7H2/t21-;/m0./s1. The number of halogens is 3. The lowest BCUT2D eigenvalue weighted by molar-refractivity contribution is -0.124. The third-order valence-corrected chi connectivity index (χ3v) is 6.21. The molecule has 1 aliphatic heterocycles. The molecule has 0 spiro atoms. The van der Waals surface area contributed by atoms with Crippen LogP contribution in [0.1, 0.15) is 29.2 Å². The molecule has 0 N–H and O–H groups in total. The molecule has 1 amide bonds. The van der Waals surface area contributed by atoms with Gasteiger partial charge in [0.25, 0.3) is 0 Å². The summed E-state index contributed by atoms with van der Waals surface area (Å²) in [5.74, 6) is 0.335. The molecule has 1 aliphatic rings. The van der Waals surface area contributed by atoms with E-state index in [1.165, 1.54) is 24.3 Å². The van der Waals surface area contributed by atoms with Crippen molar-refractivity contribution in [2.24, 2.45) is 0 Å². The molecular formula is C31H26BrF2NO2. The molecule has 0 aliphatic carbocycles. The first-order valence-corrected chi connectivity index (χ1v) is 13.0. The molecule has 1 saturated heterocycles. The van der Waals surface area contributed by atoms with Gasteiger partial charge in [0, 0.05) is 11.0 Å². The van der Waals surface area contributed by atoms with Crippen LogP contribution in [0.4, 0.5) is 14.5 Å². The second kappa shape index (κ2) is 13.0. The lowest BCUT2D eigenvalue weighted by Crippen LogP contribution is -2.46. The highest BCUT2D eigenvalue weighted by molar-refractivity contribution is 9.09. The predicted octanol–water partition coefficient (Wildman–Crippen LogP) is 8.12. The first-order valence-electron chi connectivity index (χ1n) is 11.9. The Morgan fingerprint density at radius 3 is 2.05 bits per heavy atom. The fraction of sp³-hybridized carbons (Fsp3) is 0.129. The molecule has 4 aromatic rings. The van der Waals surface area contributed by atoms with Crippen molar-refractivity contribution in [2.45, 2.75) is 19.1 Å². The minimum Gasteiger partial charge on any atom is -0.489 e.